The van der Waals surface area contributed by atoms with Gasteiger partial charge in [0.05, 0.1) is 17.0 Å². The van der Waals surface area contributed by atoms with Gasteiger partial charge in [0.25, 0.3) is 0 Å². The van der Waals surface area contributed by atoms with Crippen LogP contribution in [0.3, 0.4) is 0 Å². The Kier molecular flexibility index (Phi) is 5.93. The Morgan fingerprint density at radius 1 is 0.780 bits per heavy atom. The molecule has 5 aromatic rings. The largest absolute Gasteiger partial charge is 0.416 e. The molecular weight excluding hydrogens is 517 g/mol. The Balaban J connectivity index is 1.53. The van der Waals surface area contributed by atoms with E-state index in [1.807, 2.05) is 53.1 Å². The van der Waals surface area contributed by atoms with Crippen LogP contribution >= 0.6 is 0 Å². The third kappa shape index (κ3) is 4.19. The van der Waals surface area contributed by atoms with Crippen LogP contribution in [0.5, 0.6) is 0 Å². The maximum Gasteiger partial charge on any atom is 0.416 e. The van der Waals surface area contributed by atoms with E-state index in [2.05, 4.69) is 60.8 Å². The van der Waals surface area contributed by atoms with Crippen molar-refractivity contribution in [3.63, 3.8) is 0 Å². The molecule has 2 aliphatic heterocycles. The van der Waals surface area contributed by atoms with Gasteiger partial charge in [-0.2, -0.15) is 22.3 Å². The van der Waals surface area contributed by atoms with E-state index in [-0.39, 0.29) is 12.0 Å². The van der Waals surface area contributed by atoms with Gasteiger partial charge in [-0.1, -0.05) is 54.6 Å². The van der Waals surface area contributed by atoms with Crippen molar-refractivity contribution in [1.82, 2.24) is 0 Å². The van der Waals surface area contributed by atoms with Gasteiger partial charge in [-0.05, 0) is 72.9 Å². The van der Waals surface area contributed by atoms with Crippen molar-refractivity contribution < 1.29 is 22.3 Å². The third-order valence-electron chi connectivity index (χ3n) is 8.67. The van der Waals surface area contributed by atoms with E-state index >= 15 is 0 Å². The van der Waals surface area contributed by atoms with Crippen molar-refractivity contribution in [3.05, 3.63) is 138 Å². The summed E-state index contributed by atoms with van der Waals surface area (Å²) in [6.07, 6.45) is 1.14. The maximum absolute atomic E-state index is 14.0. The summed E-state index contributed by atoms with van der Waals surface area (Å²) in [6, 6.07) is 30.9. The van der Waals surface area contributed by atoms with Gasteiger partial charge in [0.15, 0.2) is 12.4 Å². The third-order valence-corrected chi connectivity index (χ3v) is 8.67. The highest BCUT2D eigenvalue weighted by Crippen LogP contribution is 2.45. The molecule has 0 radical (unpaired) electrons. The molecule has 5 heteroatoms. The van der Waals surface area contributed by atoms with Crippen molar-refractivity contribution in [2.75, 3.05) is 0 Å². The number of aromatic nitrogens is 2. The molecule has 0 N–H and O–H groups in total. The average molecular weight is 547 g/mol. The fourth-order valence-corrected chi connectivity index (χ4v) is 6.74. The van der Waals surface area contributed by atoms with Crippen LogP contribution in [0.1, 0.15) is 40.6 Å². The van der Waals surface area contributed by atoms with E-state index in [1.165, 1.54) is 23.3 Å². The van der Waals surface area contributed by atoms with E-state index in [1.54, 1.807) is 6.07 Å². The monoisotopic (exact) mass is 546 g/mol. The molecule has 2 aromatic heterocycles. The standard InChI is InChI=1S/C36H29F3N2/c1-23-22-41-24(2)35-30(28-12-6-7-13-29(28)33-14-8-9-19-40(33)35)18-16-26-15-17-27(36(37,38)39)20-32(26)34(41)21-31(23)25-10-4-3-5-11-25/h3-15,17,19-22,30,35H,2,16,18H2,1H3/q+2. The quantitative estimate of drug-likeness (QED) is 0.187. The first kappa shape index (κ1) is 25.5. The van der Waals surface area contributed by atoms with E-state index in [0.717, 1.165) is 45.8 Å². The number of benzene rings is 3. The molecule has 0 spiro atoms. The molecule has 2 unspecified atom stereocenters. The van der Waals surface area contributed by atoms with E-state index in [0.29, 0.717) is 12.0 Å². The van der Waals surface area contributed by atoms with Crippen LogP contribution in [-0.4, -0.2) is 0 Å². The number of nitrogens with zero attached hydrogens (tertiary/aromatic N) is 2. The number of rotatable bonds is 1. The van der Waals surface area contributed by atoms with Crippen molar-refractivity contribution in [2.24, 2.45) is 0 Å². The Bertz CT molecular complexity index is 1820. The summed E-state index contributed by atoms with van der Waals surface area (Å²) in [4.78, 5) is 0. The lowest BCUT2D eigenvalue weighted by Gasteiger charge is -2.29. The molecule has 0 aliphatic carbocycles. The zero-order valence-electron chi connectivity index (χ0n) is 22.7. The van der Waals surface area contributed by atoms with Crippen LogP contribution in [-0.2, 0) is 12.6 Å². The molecule has 202 valence electrons. The zero-order chi connectivity index (χ0) is 28.3. The lowest BCUT2D eigenvalue weighted by molar-refractivity contribution is -0.727. The summed E-state index contributed by atoms with van der Waals surface area (Å²) < 4.78 is 46.4. The number of aryl methyl sites for hydroxylation is 2. The zero-order valence-corrected chi connectivity index (χ0v) is 22.7. The molecular formula is C36H29F3N2+2. The second-order valence-electron chi connectivity index (χ2n) is 11.0. The summed E-state index contributed by atoms with van der Waals surface area (Å²) >= 11 is 0. The van der Waals surface area contributed by atoms with Gasteiger partial charge in [0.2, 0.25) is 23.1 Å². The highest BCUT2D eigenvalue weighted by Gasteiger charge is 2.47. The first-order valence-corrected chi connectivity index (χ1v) is 13.9. The molecule has 2 aliphatic rings. The van der Waals surface area contributed by atoms with Gasteiger partial charge in [0, 0.05) is 29.3 Å². The number of halogens is 3. The van der Waals surface area contributed by atoms with Crippen LogP contribution in [0, 0.1) is 6.92 Å². The molecule has 4 heterocycles. The minimum Gasteiger partial charge on any atom is -0.184 e. The topological polar surface area (TPSA) is 7.76 Å². The van der Waals surface area contributed by atoms with Crippen LogP contribution in [0.4, 0.5) is 13.2 Å². The minimum atomic E-state index is -4.44. The summed E-state index contributed by atoms with van der Waals surface area (Å²) in [5.74, 6) is 0.0984. The molecule has 0 amide bonds. The second kappa shape index (κ2) is 9.55. The van der Waals surface area contributed by atoms with Crippen molar-refractivity contribution in [2.45, 2.75) is 37.9 Å². The second-order valence-corrected chi connectivity index (χ2v) is 11.0. The molecule has 0 fully saturated rings. The Hall–Kier alpha value is -4.51. The van der Waals surface area contributed by atoms with Crippen LogP contribution in [0.25, 0.3) is 39.3 Å². The lowest BCUT2D eigenvalue weighted by Crippen LogP contribution is -2.53. The molecule has 2 atom stereocenters. The van der Waals surface area contributed by atoms with Gasteiger partial charge in [-0.15, -0.1) is 0 Å². The normalized spacial score (nSPS) is 17.6. The summed E-state index contributed by atoms with van der Waals surface area (Å²) in [5, 5.41) is 0. The van der Waals surface area contributed by atoms with Gasteiger partial charge in [0.1, 0.15) is 0 Å². The van der Waals surface area contributed by atoms with Crippen molar-refractivity contribution in [1.29, 1.82) is 0 Å². The predicted octanol–water partition coefficient (Wildman–Crippen LogP) is 8.35. The summed E-state index contributed by atoms with van der Waals surface area (Å²) in [6.45, 7) is 6.72. The van der Waals surface area contributed by atoms with Gasteiger partial charge >= 0.3 is 6.18 Å². The SMILES string of the molecule is C=C1C2C(CCc3ccc(C(F)(F)F)cc3-c3cc(-c4ccccc4)c(C)c[n+]31)c1ccccc1-c1cccc[n+]12. The average Bonchev–Trinajstić information content (AvgIpc) is 3.03. The predicted molar refractivity (Wildman–Crippen MR) is 155 cm³/mol. The first-order valence-electron chi connectivity index (χ1n) is 13.9. The highest BCUT2D eigenvalue weighted by molar-refractivity contribution is 5.74. The fourth-order valence-electron chi connectivity index (χ4n) is 6.74. The molecule has 41 heavy (non-hydrogen) atoms. The molecule has 0 saturated carbocycles. The number of allylic oxidation sites excluding steroid dienone is 1. The fraction of sp³-hybridized carbons (Fsp3) is 0.167. The van der Waals surface area contributed by atoms with Gasteiger partial charge in [-0.25, -0.2) is 0 Å². The lowest BCUT2D eigenvalue weighted by atomic mass is 9.78. The van der Waals surface area contributed by atoms with Crippen LogP contribution in [0.15, 0.2) is 116 Å². The van der Waals surface area contributed by atoms with E-state index in [9.17, 15) is 13.2 Å². The number of hydrogen-bond donors (Lipinski definition) is 0. The van der Waals surface area contributed by atoms with Crippen molar-refractivity contribution >= 4 is 5.70 Å². The van der Waals surface area contributed by atoms with E-state index in [4.69, 9.17) is 0 Å². The van der Waals surface area contributed by atoms with Crippen molar-refractivity contribution in [3.8, 4) is 33.6 Å². The van der Waals surface area contributed by atoms with Crippen LogP contribution in [0.2, 0.25) is 0 Å². The van der Waals surface area contributed by atoms with E-state index < -0.39 is 11.7 Å². The smallest absolute Gasteiger partial charge is 0.184 e. The first-order chi connectivity index (χ1) is 19.8. The molecule has 2 nitrogen and oxygen atoms in total. The molecule has 0 saturated heterocycles. The Morgan fingerprint density at radius 2 is 1.54 bits per heavy atom. The summed E-state index contributed by atoms with van der Waals surface area (Å²) in [7, 11) is 0. The Morgan fingerprint density at radius 3 is 2.34 bits per heavy atom. The highest BCUT2D eigenvalue weighted by atomic mass is 19.4. The number of pyridine rings is 2. The Labute approximate surface area is 237 Å². The molecule has 3 aromatic carbocycles. The van der Waals surface area contributed by atoms with Crippen LogP contribution < -0.4 is 9.13 Å². The number of alkyl halides is 3. The number of hydrogen-bond acceptors (Lipinski definition) is 0. The maximum atomic E-state index is 14.0. The van der Waals surface area contributed by atoms with Gasteiger partial charge < -0.3 is 0 Å². The molecule has 0 bridgehead atoms. The summed E-state index contributed by atoms with van der Waals surface area (Å²) in [5.41, 5.74) is 9.02. The van der Waals surface area contributed by atoms with Gasteiger partial charge in [-0.3, -0.25) is 0 Å². The molecule has 7 rings (SSSR count). The minimum absolute atomic E-state index is 0.0984. The number of fused-ring (bicyclic) bond motifs is 9.